The average Bonchev–Trinajstić information content (AvgIpc) is 2.53. The van der Waals surface area contributed by atoms with Crippen molar-refractivity contribution in [2.45, 2.75) is 30.5 Å². The number of benzene rings is 1. The lowest BCUT2D eigenvalue weighted by Crippen LogP contribution is -2.08. The largest absolute Gasteiger partial charge is 0.464 e. The summed E-state index contributed by atoms with van der Waals surface area (Å²) in [5, 5.41) is 0.597. The number of ether oxygens (including phenoxy) is 1. The van der Waals surface area contributed by atoms with Gasteiger partial charge in [-0.05, 0) is 39.6 Å². The number of hydrogen-bond acceptors (Lipinski definition) is 5. The van der Waals surface area contributed by atoms with E-state index in [1.807, 2.05) is 22.6 Å². The standard InChI is InChI=1S/C16H17IN2O2S/c1-10(2)12-6-4-11(5-7-12)9-22-15-14(16(20)21-3)19-13(17)8-18-15/h4-8,10H,9H2,1-3H3. The van der Waals surface area contributed by atoms with Crippen LogP contribution in [0.5, 0.6) is 0 Å². The first-order valence-electron chi connectivity index (χ1n) is 6.83. The fraction of sp³-hybridized carbons (Fsp3) is 0.312. The van der Waals surface area contributed by atoms with Crippen molar-refractivity contribution in [3.63, 3.8) is 0 Å². The van der Waals surface area contributed by atoms with Crippen LogP contribution in [0.3, 0.4) is 0 Å². The molecule has 0 fully saturated rings. The normalized spacial score (nSPS) is 10.8. The van der Waals surface area contributed by atoms with Crippen molar-refractivity contribution in [1.29, 1.82) is 0 Å². The summed E-state index contributed by atoms with van der Waals surface area (Å²) < 4.78 is 5.44. The SMILES string of the molecule is COC(=O)c1nc(I)cnc1SCc1ccc(C(C)C)cc1. The number of rotatable bonds is 5. The molecule has 1 aromatic heterocycles. The van der Waals surface area contributed by atoms with Crippen LogP contribution in [0.2, 0.25) is 0 Å². The Morgan fingerprint density at radius 3 is 2.59 bits per heavy atom. The van der Waals surface area contributed by atoms with E-state index in [9.17, 15) is 4.79 Å². The fourth-order valence-corrected chi connectivity index (χ4v) is 3.11. The topological polar surface area (TPSA) is 52.1 Å². The number of halogens is 1. The van der Waals surface area contributed by atoms with Gasteiger partial charge in [0, 0.05) is 5.75 Å². The lowest BCUT2D eigenvalue weighted by molar-refractivity contribution is 0.0588. The van der Waals surface area contributed by atoms with Gasteiger partial charge in [-0.2, -0.15) is 0 Å². The first kappa shape index (κ1) is 17.2. The number of methoxy groups -OCH3 is 1. The maximum Gasteiger partial charge on any atom is 0.359 e. The molecule has 0 aliphatic rings. The Bertz CT molecular complexity index is 660. The molecule has 22 heavy (non-hydrogen) atoms. The second-order valence-electron chi connectivity index (χ2n) is 5.02. The molecule has 1 heterocycles. The smallest absolute Gasteiger partial charge is 0.359 e. The highest BCUT2D eigenvalue weighted by Gasteiger charge is 2.16. The van der Waals surface area contributed by atoms with Gasteiger partial charge in [-0.3, -0.25) is 0 Å². The van der Waals surface area contributed by atoms with Gasteiger partial charge >= 0.3 is 5.97 Å². The number of carbonyl (C=O) groups is 1. The maximum atomic E-state index is 11.8. The molecule has 0 saturated carbocycles. The van der Waals surface area contributed by atoms with Gasteiger partial charge in [0.25, 0.3) is 0 Å². The highest BCUT2D eigenvalue weighted by atomic mass is 127. The van der Waals surface area contributed by atoms with Crippen molar-refractivity contribution < 1.29 is 9.53 Å². The van der Waals surface area contributed by atoms with Crippen LogP contribution in [0.1, 0.15) is 41.4 Å². The molecule has 6 heteroatoms. The molecular weight excluding hydrogens is 411 g/mol. The molecule has 2 aromatic rings. The van der Waals surface area contributed by atoms with Crippen LogP contribution in [0.15, 0.2) is 35.5 Å². The number of nitrogens with zero attached hydrogens (tertiary/aromatic N) is 2. The van der Waals surface area contributed by atoms with Crippen LogP contribution in [0, 0.1) is 3.70 Å². The quantitative estimate of drug-likeness (QED) is 0.404. The third-order valence-corrected chi connectivity index (χ3v) is 4.68. The third-order valence-electron chi connectivity index (χ3n) is 3.11. The zero-order valence-corrected chi connectivity index (χ0v) is 15.6. The molecule has 0 spiro atoms. The summed E-state index contributed by atoms with van der Waals surface area (Å²) in [6, 6.07) is 8.50. The molecule has 0 N–H and O–H groups in total. The summed E-state index contributed by atoms with van der Waals surface area (Å²) in [5.41, 5.74) is 2.78. The van der Waals surface area contributed by atoms with Crippen molar-refractivity contribution in [2.24, 2.45) is 0 Å². The van der Waals surface area contributed by atoms with Crippen LogP contribution in [0.25, 0.3) is 0 Å². The zero-order chi connectivity index (χ0) is 16.1. The summed E-state index contributed by atoms with van der Waals surface area (Å²) in [5.74, 6) is 0.802. The van der Waals surface area contributed by atoms with Crippen LogP contribution < -0.4 is 0 Å². The Balaban J connectivity index is 2.12. The molecule has 0 radical (unpaired) electrons. The Kier molecular flexibility index (Phi) is 6.19. The summed E-state index contributed by atoms with van der Waals surface area (Å²) in [6.45, 7) is 4.35. The Labute approximate surface area is 148 Å². The fourth-order valence-electron chi connectivity index (χ4n) is 1.84. The molecule has 0 aliphatic carbocycles. The van der Waals surface area contributed by atoms with E-state index in [4.69, 9.17) is 4.74 Å². The van der Waals surface area contributed by atoms with Gasteiger partial charge in [0.2, 0.25) is 0 Å². The van der Waals surface area contributed by atoms with Crippen LogP contribution in [-0.2, 0) is 10.5 Å². The van der Waals surface area contributed by atoms with Gasteiger partial charge in [-0.15, -0.1) is 0 Å². The Morgan fingerprint density at radius 1 is 1.32 bits per heavy atom. The van der Waals surface area contributed by atoms with E-state index in [2.05, 4.69) is 48.1 Å². The molecule has 0 atom stereocenters. The Hall–Kier alpha value is -1.15. The van der Waals surface area contributed by atoms with E-state index in [0.29, 0.717) is 14.6 Å². The number of aromatic nitrogens is 2. The van der Waals surface area contributed by atoms with E-state index in [0.717, 1.165) is 5.75 Å². The van der Waals surface area contributed by atoms with Crippen LogP contribution in [0.4, 0.5) is 0 Å². The first-order valence-corrected chi connectivity index (χ1v) is 8.90. The molecule has 0 amide bonds. The lowest BCUT2D eigenvalue weighted by Gasteiger charge is -2.08. The minimum absolute atomic E-state index is 0.276. The summed E-state index contributed by atoms with van der Waals surface area (Å²) in [6.07, 6.45) is 1.65. The summed E-state index contributed by atoms with van der Waals surface area (Å²) >= 11 is 3.52. The highest BCUT2D eigenvalue weighted by Crippen LogP contribution is 2.25. The minimum atomic E-state index is -0.455. The van der Waals surface area contributed by atoms with Gasteiger partial charge < -0.3 is 4.74 Å². The van der Waals surface area contributed by atoms with Gasteiger partial charge in [0.05, 0.1) is 13.3 Å². The minimum Gasteiger partial charge on any atom is -0.464 e. The predicted octanol–water partition coefficient (Wildman–Crippen LogP) is 4.28. The van der Waals surface area contributed by atoms with E-state index < -0.39 is 5.97 Å². The number of carbonyl (C=O) groups excluding carboxylic acids is 1. The Morgan fingerprint density at radius 2 is 2.00 bits per heavy atom. The van der Waals surface area contributed by atoms with Crippen LogP contribution >= 0.6 is 34.4 Å². The van der Waals surface area contributed by atoms with Gasteiger partial charge in [-0.1, -0.05) is 49.9 Å². The van der Waals surface area contributed by atoms with E-state index in [1.54, 1.807) is 6.20 Å². The van der Waals surface area contributed by atoms with E-state index in [1.165, 1.54) is 30.0 Å². The molecule has 0 bridgehead atoms. The molecule has 116 valence electrons. The van der Waals surface area contributed by atoms with Crippen molar-refractivity contribution in [1.82, 2.24) is 9.97 Å². The molecule has 4 nitrogen and oxygen atoms in total. The molecule has 2 rings (SSSR count). The summed E-state index contributed by atoms with van der Waals surface area (Å²) in [4.78, 5) is 20.3. The van der Waals surface area contributed by atoms with E-state index in [-0.39, 0.29) is 5.69 Å². The van der Waals surface area contributed by atoms with Crippen molar-refractivity contribution in [3.05, 3.63) is 51.0 Å². The average molecular weight is 428 g/mol. The predicted molar refractivity (Wildman–Crippen MR) is 96.2 cm³/mol. The van der Waals surface area contributed by atoms with Gasteiger partial charge in [0.15, 0.2) is 5.69 Å². The maximum absolute atomic E-state index is 11.8. The van der Waals surface area contributed by atoms with Crippen LogP contribution in [-0.4, -0.2) is 23.0 Å². The van der Waals surface area contributed by atoms with E-state index >= 15 is 0 Å². The third kappa shape index (κ3) is 4.42. The number of esters is 1. The monoisotopic (exact) mass is 428 g/mol. The molecular formula is C16H17IN2O2S. The zero-order valence-electron chi connectivity index (χ0n) is 12.7. The van der Waals surface area contributed by atoms with Crippen molar-refractivity contribution >= 4 is 40.3 Å². The molecule has 0 unspecified atom stereocenters. The number of hydrogen-bond donors (Lipinski definition) is 0. The van der Waals surface area contributed by atoms with Crippen molar-refractivity contribution in [2.75, 3.05) is 7.11 Å². The molecule has 0 aliphatic heterocycles. The van der Waals surface area contributed by atoms with Gasteiger partial charge in [0.1, 0.15) is 8.73 Å². The molecule has 0 saturated heterocycles. The van der Waals surface area contributed by atoms with Gasteiger partial charge in [-0.25, -0.2) is 14.8 Å². The van der Waals surface area contributed by atoms with Crippen molar-refractivity contribution in [3.8, 4) is 0 Å². The highest BCUT2D eigenvalue weighted by molar-refractivity contribution is 14.1. The second-order valence-corrected chi connectivity index (χ2v) is 7.09. The summed E-state index contributed by atoms with van der Waals surface area (Å²) in [7, 11) is 1.35. The number of thioether (sulfide) groups is 1. The first-order chi connectivity index (χ1) is 10.5. The second kappa shape index (κ2) is 7.92. The molecule has 1 aromatic carbocycles. The lowest BCUT2D eigenvalue weighted by atomic mass is 10.0.